The average molecular weight is 376 g/mol. The van der Waals surface area contributed by atoms with Crippen LogP contribution in [-0.4, -0.2) is 28.2 Å². The van der Waals surface area contributed by atoms with Crippen LogP contribution in [0, 0.1) is 11.8 Å². The maximum absolute atomic E-state index is 11.3. The molecule has 1 saturated heterocycles. The summed E-state index contributed by atoms with van der Waals surface area (Å²) in [4.78, 5) is 13.9. The molecule has 1 N–H and O–H groups in total. The van der Waals surface area contributed by atoms with E-state index in [1.54, 1.807) is 0 Å². The maximum atomic E-state index is 11.3. The van der Waals surface area contributed by atoms with E-state index in [-0.39, 0.29) is 0 Å². The number of anilines is 2. The van der Waals surface area contributed by atoms with Crippen molar-refractivity contribution in [1.82, 2.24) is 15.1 Å². The van der Waals surface area contributed by atoms with Crippen LogP contribution in [0.2, 0.25) is 0 Å². The van der Waals surface area contributed by atoms with E-state index in [2.05, 4.69) is 30.7 Å². The minimum Gasteiger partial charge on any atom is -0.453 e. The Labute approximate surface area is 161 Å². The second-order valence-corrected chi connectivity index (χ2v) is 7.92. The number of H-pyrrole nitrogens is 1. The van der Waals surface area contributed by atoms with E-state index in [0.29, 0.717) is 5.82 Å². The summed E-state index contributed by atoms with van der Waals surface area (Å²) in [5.74, 6) is 2.97. The Kier molecular flexibility index (Phi) is 3.40. The number of para-hydroxylation sites is 2. The van der Waals surface area contributed by atoms with E-state index in [1.165, 1.54) is 19.3 Å². The van der Waals surface area contributed by atoms with Gasteiger partial charge in [0.15, 0.2) is 17.3 Å². The molecule has 28 heavy (non-hydrogen) atoms. The number of aromatic nitrogens is 2. The first-order chi connectivity index (χ1) is 13.7. The zero-order chi connectivity index (χ0) is 18.7. The lowest BCUT2D eigenvalue weighted by Crippen LogP contribution is -2.47. The van der Waals surface area contributed by atoms with Gasteiger partial charge in [0, 0.05) is 18.7 Å². The smallest absolute Gasteiger partial charge is 0.439 e. The fourth-order valence-corrected chi connectivity index (χ4v) is 4.89. The second-order valence-electron chi connectivity index (χ2n) is 7.92. The first-order valence-corrected chi connectivity index (χ1v) is 9.77. The van der Waals surface area contributed by atoms with Crippen molar-refractivity contribution in [1.29, 1.82) is 0 Å². The number of hydrogen-bond acceptors (Lipinski definition) is 6. The number of ether oxygens (including phenoxy) is 1. The first kappa shape index (κ1) is 15.9. The summed E-state index contributed by atoms with van der Waals surface area (Å²) < 4.78 is 10.9. The second kappa shape index (κ2) is 5.97. The van der Waals surface area contributed by atoms with Crippen molar-refractivity contribution in [3.8, 4) is 22.9 Å². The van der Waals surface area contributed by atoms with Crippen LogP contribution in [0.5, 0.6) is 11.5 Å². The van der Waals surface area contributed by atoms with Gasteiger partial charge in [-0.3, -0.25) is 14.5 Å². The number of nitrogens with zero attached hydrogens (tertiary/aromatic N) is 3. The molecule has 2 unspecified atom stereocenters. The van der Waals surface area contributed by atoms with Gasteiger partial charge in [0.1, 0.15) is 11.4 Å². The molecule has 6 rings (SSSR count). The van der Waals surface area contributed by atoms with E-state index < -0.39 is 5.76 Å². The third kappa shape index (κ3) is 2.46. The molecular formula is C21H20N4O3. The van der Waals surface area contributed by atoms with Crippen molar-refractivity contribution >= 4 is 11.4 Å². The normalized spacial score (nSPS) is 23.2. The lowest BCUT2D eigenvalue weighted by Gasteiger charge is -2.44. The first-order valence-electron chi connectivity index (χ1n) is 9.77. The van der Waals surface area contributed by atoms with Gasteiger partial charge in [0.2, 0.25) is 0 Å². The molecule has 2 aliphatic heterocycles. The molecular weight excluding hydrogens is 356 g/mol. The van der Waals surface area contributed by atoms with E-state index in [9.17, 15) is 4.79 Å². The van der Waals surface area contributed by atoms with Gasteiger partial charge in [0.25, 0.3) is 0 Å². The SMILES string of the molecule is O=c1[nH]c(-c2ccc3c(c2)Oc2ccccc2N3N2CC3CCC(C3)C2)no1. The van der Waals surface area contributed by atoms with Crippen molar-refractivity contribution in [2.24, 2.45) is 11.8 Å². The molecule has 7 nitrogen and oxygen atoms in total. The summed E-state index contributed by atoms with van der Waals surface area (Å²) >= 11 is 0. The van der Waals surface area contributed by atoms with E-state index in [4.69, 9.17) is 4.74 Å². The Balaban J connectivity index is 1.45. The van der Waals surface area contributed by atoms with Crippen molar-refractivity contribution < 1.29 is 9.26 Å². The molecule has 2 fully saturated rings. The molecule has 1 aromatic heterocycles. The number of hydrazine groups is 1. The topological polar surface area (TPSA) is 74.6 Å². The molecule has 2 bridgehead atoms. The molecule has 3 aliphatic rings. The molecule has 2 aromatic carbocycles. The summed E-state index contributed by atoms with van der Waals surface area (Å²) in [5.41, 5.74) is 2.83. The van der Waals surface area contributed by atoms with Crippen LogP contribution in [0.3, 0.4) is 0 Å². The lowest BCUT2D eigenvalue weighted by atomic mass is 10.00. The highest BCUT2D eigenvalue weighted by molar-refractivity contribution is 5.79. The molecule has 142 valence electrons. The molecule has 1 saturated carbocycles. The van der Waals surface area contributed by atoms with Gasteiger partial charge in [-0.2, -0.15) is 0 Å². The number of piperidine rings is 1. The average Bonchev–Trinajstić information content (AvgIpc) is 3.30. The van der Waals surface area contributed by atoms with Gasteiger partial charge >= 0.3 is 5.76 Å². The van der Waals surface area contributed by atoms with Gasteiger partial charge in [-0.25, -0.2) is 9.80 Å². The van der Waals surface area contributed by atoms with Gasteiger partial charge in [-0.05, 0) is 61.4 Å². The quantitative estimate of drug-likeness (QED) is 0.731. The van der Waals surface area contributed by atoms with Gasteiger partial charge < -0.3 is 4.74 Å². The van der Waals surface area contributed by atoms with Crippen LogP contribution in [0.4, 0.5) is 11.4 Å². The molecule has 3 heterocycles. The predicted molar refractivity (Wildman–Crippen MR) is 104 cm³/mol. The van der Waals surface area contributed by atoms with Gasteiger partial charge in [-0.15, -0.1) is 0 Å². The number of nitrogens with one attached hydrogen (secondary N) is 1. The third-order valence-corrected chi connectivity index (χ3v) is 6.09. The van der Waals surface area contributed by atoms with Crippen molar-refractivity contribution in [2.45, 2.75) is 19.3 Å². The van der Waals surface area contributed by atoms with Gasteiger partial charge in [-0.1, -0.05) is 17.3 Å². The molecule has 0 amide bonds. The zero-order valence-corrected chi connectivity index (χ0v) is 15.3. The van der Waals surface area contributed by atoms with Crippen LogP contribution < -0.4 is 15.5 Å². The Morgan fingerprint density at radius 3 is 2.57 bits per heavy atom. The van der Waals surface area contributed by atoms with Crippen LogP contribution in [0.15, 0.2) is 51.8 Å². The predicted octanol–water partition coefficient (Wildman–Crippen LogP) is 3.92. The van der Waals surface area contributed by atoms with Crippen LogP contribution in [0.25, 0.3) is 11.4 Å². The number of benzene rings is 2. The van der Waals surface area contributed by atoms with Crippen LogP contribution >= 0.6 is 0 Å². The zero-order valence-electron chi connectivity index (χ0n) is 15.3. The molecule has 2 atom stereocenters. The fourth-order valence-electron chi connectivity index (χ4n) is 4.89. The number of hydrogen-bond donors (Lipinski definition) is 1. The Hall–Kier alpha value is -3.06. The van der Waals surface area contributed by atoms with E-state index >= 15 is 0 Å². The lowest BCUT2D eigenvalue weighted by molar-refractivity contribution is 0.166. The van der Waals surface area contributed by atoms with E-state index in [1.807, 2.05) is 36.4 Å². The minimum absolute atomic E-state index is 0.401. The number of fused-ring (bicyclic) bond motifs is 4. The summed E-state index contributed by atoms with van der Waals surface area (Å²) in [6.07, 6.45) is 4.02. The number of rotatable bonds is 2. The highest BCUT2D eigenvalue weighted by atomic mass is 16.5. The molecule has 0 spiro atoms. The highest BCUT2D eigenvalue weighted by Crippen LogP contribution is 2.50. The number of aromatic amines is 1. The van der Waals surface area contributed by atoms with Crippen molar-refractivity contribution in [3.05, 3.63) is 53.0 Å². The fraction of sp³-hybridized carbons (Fsp3) is 0.333. The third-order valence-electron chi connectivity index (χ3n) is 6.09. The summed E-state index contributed by atoms with van der Waals surface area (Å²) in [6, 6.07) is 14.0. The van der Waals surface area contributed by atoms with Crippen LogP contribution in [0.1, 0.15) is 19.3 Å². The largest absolute Gasteiger partial charge is 0.453 e. The molecule has 1 aliphatic carbocycles. The molecule has 0 radical (unpaired) electrons. The Morgan fingerprint density at radius 1 is 1.00 bits per heavy atom. The standard InChI is InChI=1S/C21H20N4O3/c26-21-22-20(23-28-21)15-7-8-17-19(10-15)27-18-4-2-1-3-16(18)25(17)24-11-13-5-6-14(9-13)12-24/h1-4,7-8,10,13-14H,5-6,9,11-12H2,(H,22,23,26). The monoisotopic (exact) mass is 376 g/mol. The molecule has 7 heteroatoms. The Morgan fingerprint density at radius 2 is 1.79 bits per heavy atom. The molecule has 3 aromatic rings. The van der Waals surface area contributed by atoms with Crippen molar-refractivity contribution in [2.75, 3.05) is 18.1 Å². The Bertz CT molecular complexity index is 1090. The minimum atomic E-state index is -0.565. The summed E-state index contributed by atoms with van der Waals surface area (Å²) in [5, 5.41) is 8.58. The van der Waals surface area contributed by atoms with Crippen molar-refractivity contribution in [3.63, 3.8) is 0 Å². The van der Waals surface area contributed by atoms with Crippen LogP contribution in [-0.2, 0) is 0 Å². The highest BCUT2D eigenvalue weighted by Gasteiger charge is 2.38. The van der Waals surface area contributed by atoms with Gasteiger partial charge in [0.05, 0.1) is 0 Å². The maximum Gasteiger partial charge on any atom is 0.439 e. The summed E-state index contributed by atoms with van der Waals surface area (Å²) in [7, 11) is 0. The van der Waals surface area contributed by atoms with E-state index in [0.717, 1.165) is 53.4 Å². The summed E-state index contributed by atoms with van der Waals surface area (Å²) in [6.45, 7) is 2.14.